The van der Waals surface area contributed by atoms with Crippen LogP contribution in [0.2, 0.25) is 0 Å². The largest absolute Gasteiger partial charge is 0.412 e. The first kappa shape index (κ1) is 12.8. The first-order valence-corrected chi connectivity index (χ1v) is 5.16. The van der Waals surface area contributed by atoms with Gasteiger partial charge in [0.25, 0.3) is 0 Å². The Morgan fingerprint density at radius 2 is 2.06 bits per heavy atom. The lowest BCUT2D eigenvalue weighted by atomic mass is 10.1. The average molecular weight is 233 g/mol. The van der Waals surface area contributed by atoms with Crippen molar-refractivity contribution in [2.24, 2.45) is 0 Å². The van der Waals surface area contributed by atoms with Crippen molar-refractivity contribution in [3.63, 3.8) is 0 Å². The molecule has 0 spiro atoms. The minimum absolute atomic E-state index is 0.384. The highest BCUT2D eigenvalue weighted by Crippen LogP contribution is 2.26. The van der Waals surface area contributed by atoms with Crippen LogP contribution < -0.4 is 15.4 Å². The molecule has 0 aliphatic carbocycles. The van der Waals surface area contributed by atoms with E-state index in [1.165, 1.54) is 7.05 Å². The standard InChI is InChI=1S/C12H15N3O2/c1-12(2,8-13)15-9-6-4-5-7-10(9)17-11(16)14-3/h4-7,15H,1-3H3,(H,14,16). The lowest BCUT2D eigenvalue weighted by Gasteiger charge is -2.20. The molecule has 0 fully saturated rings. The number of hydrogen-bond donors (Lipinski definition) is 2. The molecule has 0 radical (unpaired) electrons. The number of rotatable bonds is 3. The third-order valence-corrected chi connectivity index (χ3v) is 2.02. The van der Waals surface area contributed by atoms with Crippen molar-refractivity contribution in [3.8, 4) is 11.8 Å². The maximum atomic E-state index is 11.1. The summed E-state index contributed by atoms with van der Waals surface area (Å²) in [6, 6.07) is 9.07. The van der Waals surface area contributed by atoms with Crippen LogP contribution in [0.4, 0.5) is 10.5 Å². The maximum Gasteiger partial charge on any atom is 0.412 e. The molecule has 17 heavy (non-hydrogen) atoms. The maximum absolute atomic E-state index is 11.1. The Bertz CT molecular complexity index is 449. The zero-order valence-electron chi connectivity index (χ0n) is 10.1. The van der Waals surface area contributed by atoms with E-state index in [-0.39, 0.29) is 0 Å². The van der Waals surface area contributed by atoms with Crippen LogP contribution in [0.25, 0.3) is 0 Å². The summed E-state index contributed by atoms with van der Waals surface area (Å²) in [5.74, 6) is 0.384. The van der Waals surface area contributed by atoms with Gasteiger partial charge in [0.05, 0.1) is 11.8 Å². The summed E-state index contributed by atoms with van der Waals surface area (Å²) in [5, 5.41) is 14.3. The molecule has 0 bridgehead atoms. The summed E-state index contributed by atoms with van der Waals surface area (Å²) in [6.07, 6.45) is -0.547. The van der Waals surface area contributed by atoms with Crippen LogP contribution in [-0.4, -0.2) is 18.7 Å². The minimum Gasteiger partial charge on any atom is -0.408 e. The van der Waals surface area contributed by atoms with E-state index in [2.05, 4.69) is 16.7 Å². The van der Waals surface area contributed by atoms with Crippen molar-refractivity contribution in [3.05, 3.63) is 24.3 Å². The van der Waals surface area contributed by atoms with Crippen molar-refractivity contribution >= 4 is 11.8 Å². The van der Waals surface area contributed by atoms with Crippen molar-refractivity contribution in [2.75, 3.05) is 12.4 Å². The van der Waals surface area contributed by atoms with E-state index in [4.69, 9.17) is 10.00 Å². The Kier molecular flexibility index (Phi) is 3.94. The summed E-state index contributed by atoms with van der Waals surface area (Å²) in [4.78, 5) is 11.1. The predicted molar refractivity (Wildman–Crippen MR) is 64.8 cm³/mol. The second kappa shape index (κ2) is 5.21. The van der Waals surface area contributed by atoms with Gasteiger partial charge in [0.1, 0.15) is 5.54 Å². The molecule has 0 heterocycles. The van der Waals surface area contributed by atoms with Crippen molar-refractivity contribution in [2.45, 2.75) is 19.4 Å². The van der Waals surface area contributed by atoms with Gasteiger partial charge in [-0.25, -0.2) is 4.79 Å². The van der Waals surface area contributed by atoms with Gasteiger partial charge in [-0.05, 0) is 26.0 Å². The summed E-state index contributed by atoms with van der Waals surface area (Å²) >= 11 is 0. The normalized spacial score (nSPS) is 10.2. The number of hydrogen-bond acceptors (Lipinski definition) is 4. The number of anilines is 1. The molecular weight excluding hydrogens is 218 g/mol. The molecule has 0 aliphatic rings. The van der Waals surface area contributed by atoms with E-state index in [1.807, 2.05) is 0 Å². The summed E-state index contributed by atoms with van der Waals surface area (Å²) in [7, 11) is 1.48. The first-order chi connectivity index (χ1) is 7.98. The number of benzene rings is 1. The predicted octanol–water partition coefficient (Wildman–Crippen LogP) is 2.12. The molecule has 1 aromatic rings. The van der Waals surface area contributed by atoms with Crippen molar-refractivity contribution < 1.29 is 9.53 Å². The molecule has 0 aromatic heterocycles. The molecule has 1 rings (SSSR count). The molecule has 5 nitrogen and oxygen atoms in total. The molecule has 90 valence electrons. The van der Waals surface area contributed by atoms with E-state index < -0.39 is 11.6 Å². The van der Waals surface area contributed by atoms with E-state index in [0.717, 1.165) is 0 Å². The number of amides is 1. The van der Waals surface area contributed by atoms with Gasteiger partial charge in [-0.1, -0.05) is 12.1 Å². The van der Waals surface area contributed by atoms with E-state index in [9.17, 15) is 4.79 Å². The van der Waals surface area contributed by atoms with Gasteiger partial charge >= 0.3 is 6.09 Å². The Labute approximate surface area is 100 Å². The van der Waals surface area contributed by atoms with Gasteiger partial charge in [0, 0.05) is 7.05 Å². The summed E-state index contributed by atoms with van der Waals surface area (Å²) in [6.45, 7) is 3.48. The molecular formula is C12H15N3O2. The number of ether oxygens (including phenoxy) is 1. The van der Waals surface area contributed by atoms with Crippen LogP contribution >= 0.6 is 0 Å². The Morgan fingerprint density at radius 1 is 1.41 bits per heavy atom. The zero-order valence-corrected chi connectivity index (χ0v) is 10.1. The smallest absolute Gasteiger partial charge is 0.408 e. The van der Waals surface area contributed by atoms with E-state index in [1.54, 1.807) is 38.1 Å². The van der Waals surface area contributed by atoms with Gasteiger partial charge in [-0.15, -0.1) is 0 Å². The molecule has 5 heteroatoms. The lowest BCUT2D eigenvalue weighted by Crippen LogP contribution is -2.29. The highest BCUT2D eigenvalue weighted by Gasteiger charge is 2.18. The monoisotopic (exact) mass is 233 g/mol. The SMILES string of the molecule is CNC(=O)Oc1ccccc1NC(C)(C)C#N. The molecule has 1 aromatic carbocycles. The first-order valence-electron chi connectivity index (χ1n) is 5.16. The molecule has 0 saturated carbocycles. The molecule has 0 unspecified atom stereocenters. The Hall–Kier alpha value is -2.22. The summed E-state index contributed by atoms with van der Waals surface area (Å²) < 4.78 is 5.06. The van der Waals surface area contributed by atoms with E-state index >= 15 is 0 Å². The van der Waals surface area contributed by atoms with Crippen LogP contribution in [0, 0.1) is 11.3 Å². The fourth-order valence-electron chi connectivity index (χ4n) is 1.17. The Balaban J connectivity index is 2.93. The number of nitriles is 1. The van der Waals surface area contributed by atoms with E-state index in [0.29, 0.717) is 11.4 Å². The average Bonchev–Trinajstić information content (AvgIpc) is 2.31. The molecule has 1 amide bonds. The number of carbonyl (C=O) groups is 1. The number of nitrogens with zero attached hydrogens (tertiary/aromatic N) is 1. The molecule has 2 N–H and O–H groups in total. The van der Waals surface area contributed by atoms with Gasteiger partial charge < -0.3 is 15.4 Å². The van der Waals surface area contributed by atoms with Crippen molar-refractivity contribution in [1.29, 1.82) is 5.26 Å². The molecule has 0 aliphatic heterocycles. The number of para-hydroxylation sites is 2. The van der Waals surface area contributed by atoms with Gasteiger partial charge in [-0.2, -0.15) is 5.26 Å². The molecule has 0 atom stereocenters. The second-order valence-electron chi connectivity index (χ2n) is 4.00. The van der Waals surface area contributed by atoms with Crippen LogP contribution in [0.1, 0.15) is 13.8 Å². The van der Waals surface area contributed by atoms with Crippen molar-refractivity contribution in [1.82, 2.24) is 5.32 Å². The highest BCUT2D eigenvalue weighted by molar-refractivity contribution is 5.73. The minimum atomic E-state index is -0.734. The van der Waals surface area contributed by atoms with Crippen LogP contribution in [0.15, 0.2) is 24.3 Å². The fourth-order valence-corrected chi connectivity index (χ4v) is 1.17. The number of carbonyl (C=O) groups excluding carboxylic acids is 1. The van der Waals surface area contributed by atoms with Crippen LogP contribution in [0.5, 0.6) is 5.75 Å². The van der Waals surface area contributed by atoms with Crippen LogP contribution in [-0.2, 0) is 0 Å². The van der Waals surface area contributed by atoms with Gasteiger partial charge in [0.15, 0.2) is 5.75 Å². The zero-order chi connectivity index (χ0) is 12.9. The molecule has 0 saturated heterocycles. The Morgan fingerprint density at radius 3 is 2.65 bits per heavy atom. The fraction of sp³-hybridized carbons (Fsp3) is 0.333. The third-order valence-electron chi connectivity index (χ3n) is 2.02. The quantitative estimate of drug-likeness (QED) is 0.838. The topological polar surface area (TPSA) is 74.2 Å². The highest BCUT2D eigenvalue weighted by atomic mass is 16.6. The van der Waals surface area contributed by atoms with Gasteiger partial charge in [0.2, 0.25) is 0 Å². The van der Waals surface area contributed by atoms with Gasteiger partial charge in [-0.3, -0.25) is 0 Å². The lowest BCUT2D eigenvalue weighted by molar-refractivity contribution is 0.203. The third kappa shape index (κ3) is 3.68. The number of nitrogens with one attached hydrogen (secondary N) is 2. The second-order valence-corrected chi connectivity index (χ2v) is 4.00. The summed E-state index contributed by atoms with van der Waals surface area (Å²) in [5.41, 5.74) is -0.134. The van der Waals surface area contributed by atoms with Crippen LogP contribution in [0.3, 0.4) is 0 Å².